The molecule has 2 rings (SSSR count). The van der Waals surface area contributed by atoms with E-state index in [0.717, 1.165) is 23.0 Å². The molecule has 0 fully saturated rings. The summed E-state index contributed by atoms with van der Waals surface area (Å²) in [6.45, 7) is 0.128. The van der Waals surface area contributed by atoms with E-state index < -0.39 is 9.84 Å². The van der Waals surface area contributed by atoms with Crippen LogP contribution in [-0.2, 0) is 14.6 Å². The Bertz CT molecular complexity index is 683. The molecule has 0 aliphatic heterocycles. The SMILES string of the molecule is COCCS(=O)(=O)c1nc(Nc2ccc(OC)cc2)ns1. The van der Waals surface area contributed by atoms with Crippen molar-refractivity contribution in [1.82, 2.24) is 9.36 Å². The van der Waals surface area contributed by atoms with E-state index in [0.29, 0.717) is 0 Å². The van der Waals surface area contributed by atoms with E-state index in [1.807, 2.05) is 0 Å². The maximum Gasteiger partial charge on any atom is 0.240 e. The molecule has 9 heteroatoms. The van der Waals surface area contributed by atoms with Crippen LogP contribution in [-0.4, -0.2) is 44.4 Å². The highest BCUT2D eigenvalue weighted by Crippen LogP contribution is 2.21. The zero-order valence-corrected chi connectivity index (χ0v) is 13.2. The molecule has 2 aromatic rings. The van der Waals surface area contributed by atoms with Gasteiger partial charge in [0.25, 0.3) is 0 Å². The number of ether oxygens (including phenoxy) is 2. The first kappa shape index (κ1) is 15.7. The smallest absolute Gasteiger partial charge is 0.240 e. The van der Waals surface area contributed by atoms with Crippen molar-refractivity contribution >= 4 is 33.0 Å². The number of methoxy groups -OCH3 is 2. The van der Waals surface area contributed by atoms with Gasteiger partial charge in [-0.05, 0) is 24.3 Å². The fourth-order valence-electron chi connectivity index (χ4n) is 1.47. The molecule has 1 aromatic heterocycles. The number of sulfone groups is 1. The topological polar surface area (TPSA) is 90.4 Å². The highest BCUT2D eigenvalue weighted by atomic mass is 32.2. The summed E-state index contributed by atoms with van der Waals surface area (Å²) in [4.78, 5) is 3.99. The Balaban J connectivity index is 2.09. The summed E-state index contributed by atoms with van der Waals surface area (Å²) in [6.07, 6.45) is 0. The number of anilines is 2. The summed E-state index contributed by atoms with van der Waals surface area (Å²) in [5, 5.41) is 2.94. The second-order valence-corrected chi connectivity index (χ2v) is 7.08. The summed E-state index contributed by atoms with van der Waals surface area (Å²) >= 11 is 0.842. The number of nitrogens with one attached hydrogen (secondary N) is 1. The lowest BCUT2D eigenvalue weighted by molar-refractivity contribution is 0.217. The standard InChI is InChI=1S/C12H15N3O4S2/c1-18-7-8-21(16,17)12-14-11(15-20-12)13-9-3-5-10(19-2)6-4-9/h3-6H,7-8H2,1-2H3,(H,13,15). The van der Waals surface area contributed by atoms with Gasteiger partial charge in [0.1, 0.15) is 5.75 Å². The number of hydrogen-bond acceptors (Lipinski definition) is 8. The molecule has 0 atom stereocenters. The second-order valence-electron chi connectivity index (χ2n) is 4.05. The molecule has 114 valence electrons. The molecular weight excluding hydrogens is 314 g/mol. The molecule has 0 saturated carbocycles. The number of aromatic nitrogens is 2. The quantitative estimate of drug-likeness (QED) is 0.827. The monoisotopic (exact) mass is 329 g/mol. The Hall–Kier alpha value is -1.71. The Kier molecular flexibility index (Phi) is 5.10. The van der Waals surface area contributed by atoms with Crippen molar-refractivity contribution in [2.24, 2.45) is 0 Å². The van der Waals surface area contributed by atoms with Crippen LogP contribution in [0.5, 0.6) is 5.75 Å². The molecule has 0 spiro atoms. The van der Waals surface area contributed by atoms with E-state index in [9.17, 15) is 8.42 Å². The Morgan fingerprint density at radius 2 is 1.95 bits per heavy atom. The highest BCUT2D eigenvalue weighted by molar-refractivity contribution is 7.93. The zero-order chi connectivity index (χ0) is 15.3. The summed E-state index contributed by atoms with van der Waals surface area (Å²) in [5.74, 6) is 0.872. The summed E-state index contributed by atoms with van der Waals surface area (Å²) in [5.41, 5.74) is 0.745. The number of rotatable bonds is 7. The largest absolute Gasteiger partial charge is 0.497 e. The minimum atomic E-state index is -3.44. The predicted molar refractivity (Wildman–Crippen MR) is 80.1 cm³/mol. The molecule has 1 N–H and O–H groups in total. The Morgan fingerprint density at radius 3 is 2.57 bits per heavy atom. The number of nitrogens with zero attached hydrogens (tertiary/aromatic N) is 2. The minimum absolute atomic E-state index is 0.0180. The van der Waals surface area contributed by atoms with Crippen molar-refractivity contribution in [2.45, 2.75) is 4.34 Å². The lowest BCUT2D eigenvalue weighted by Gasteiger charge is -2.03. The third-order valence-corrected chi connectivity index (χ3v) is 5.40. The van der Waals surface area contributed by atoms with Crippen molar-refractivity contribution in [2.75, 3.05) is 31.9 Å². The number of benzene rings is 1. The summed E-state index contributed by atoms with van der Waals surface area (Å²) < 4.78 is 37.7. The first-order valence-electron chi connectivity index (χ1n) is 6.01. The van der Waals surface area contributed by atoms with Crippen LogP contribution in [0.1, 0.15) is 0 Å². The van der Waals surface area contributed by atoms with Gasteiger partial charge in [-0.15, -0.1) is 0 Å². The van der Waals surface area contributed by atoms with Crippen LogP contribution in [0.2, 0.25) is 0 Å². The third-order valence-electron chi connectivity index (χ3n) is 2.58. The fourth-order valence-corrected chi connectivity index (χ4v) is 3.45. The Labute approximate surface area is 127 Å². The first-order valence-corrected chi connectivity index (χ1v) is 8.44. The molecular formula is C12H15N3O4S2. The van der Waals surface area contributed by atoms with E-state index >= 15 is 0 Å². The molecule has 7 nitrogen and oxygen atoms in total. The normalized spacial score (nSPS) is 11.3. The van der Waals surface area contributed by atoms with Gasteiger partial charge in [0, 0.05) is 24.3 Å². The maximum absolute atomic E-state index is 11.9. The molecule has 1 aromatic carbocycles. The van der Waals surface area contributed by atoms with E-state index in [-0.39, 0.29) is 22.6 Å². The molecule has 0 amide bonds. The molecule has 0 aliphatic rings. The van der Waals surface area contributed by atoms with Gasteiger partial charge < -0.3 is 14.8 Å². The van der Waals surface area contributed by atoms with Crippen molar-refractivity contribution < 1.29 is 17.9 Å². The molecule has 0 aliphatic carbocycles. The van der Waals surface area contributed by atoms with Gasteiger partial charge in [-0.2, -0.15) is 9.36 Å². The summed E-state index contributed by atoms with van der Waals surface area (Å²) in [7, 11) is -0.409. The molecule has 0 radical (unpaired) electrons. The lowest BCUT2D eigenvalue weighted by Crippen LogP contribution is -2.11. The van der Waals surface area contributed by atoms with Gasteiger partial charge in [0.05, 0.1) is 19.5 Å². The maximum atomic E-state index is 11.9. The van der Waals surface area contributed by atoms with Gasteiger partial charge >= 0.3 is 0 Å². The third kappa shape index (κ3) is 4.13. The predicted octanol–water partition coefficient (Wildman–Crippen LogP) is 1.71. The average molecular weight is 329 g/mol. The molecule has 0 unspecified atom stereocenters. The molecule has 1 heterocycles. The summed E-state index contributed by atoms with van der Waals surface area (Å²) in [6, 6.07) is 7.15. The Morgan fingerprint density at radius 1 is 1.24 bits per heavy atom. The van der Waals surface area contributed by atoms with E-state index in [2.05, 4.69) is 14.7 Å². The minimum Gasteiger partial charge on any atom is -0.497 e. The van der Waals surface area contributed by atoms with Gasteiger partial charge in [-0.25, -0.2) is 8.42 Å². The second kappa shape index (κ2) is 6.83. The number of hydrogen-bond donors (Lipinski definition) is 1. The van der Waals surface area contributed by atoms with E-state index in [1.54, 1.807) is 31.4 Å². The molecule has 21 heavy (non-hydrogen) atoms. The van der Waals surface area contributed by atoms with Crippen molar-refractivity contribution in [3.63, 3.8) is 0 Å². The lowest BCUT2D eigenvalue weighted by atomic mass is 10.3. The first-order chi connectivity index (χ1) is 10.0. The van der Waals surface area contributed by atoms with Crippen molar-refractivity contribution in [1.29, 1.82) is 0 Å². The van der Waals surface area contributed by atoms with Crippen LogP contribution >= 0.6 is 11.5 Å². The van der Waals surface area contributed by atoms with E-state index in [1.165, 1.54) is 7.11 Å². The zero-order valence-electron chi connectivity index (χ0n) is 11.6. The van der Waals surface area contributed by atoms with Gasteiger partial charge in [0.15, 0.2) is 0 Å². The van der Waals surface area contributed by atoms with Crippen molar-refractivity contribution in [3.8, 4) is 5.75 Å². The van der Waals surface area contributed by atoms with Crippen LogP contribution in [0, 0.1) is 0 Å². The van der Waals surface area contributed by atoms with Gasteiger partial charge in [0.2, 0.25) is 20.1 Å². The van der Waals surface area contributed by atoms with E-state index in [4.69, 9.17) is 9.47 Å². The van der Waals surface area contributed by atoms with Crippen LogP contribution in [0.15, 0.2) is 28.6 Å². The highest BCUT2D eigenvalue weighted by Gasteiger charge is 2.20. The van der Waals surface area contributed by atoms with Crippen LogP contribution in [0.25, 0.3) is 0 Å². The van der Waals surface area contributed by atoms with Crippen LogP contribution in [0.3, 0.4) is 0 Å². The van der Waals surface area contributed by atoms with Crippen LogP contribution < -0.4 is 10.1 Å². The van der Waals surface area contributed by atoms with Gasteiger partial charge in [-0.1, -0.05) is 0 Å². The fraction of sp³-hybridized carbons (Fsp3) is 0.333. The van der Waals surface area contributed by atoms with Crippen molar-refractivity contribution in [3.05, 3.63) is 24.3 Å². The van der Waals surface area contributed by atoms with Crippen LogP contribution in [0.4, 0.5) is 11.6 Å². The molecule has 0 saturated heterocycles. The molecule has 0 bridgehead atoms. The van der Waals surface area contributed by atoms with Gasteiger partial charge in [-0.3, -0.25) is 0 Å². The average Bonchev–Trinajstić information content (AvgIpc) is 2.95.